The standard InChI is InChI=1S/C23H15F4N5O4S/c1-2-37(34,35)18-9-10-19(32-22(33)31(12-28-32)15-6-4-14(24)5-7-15)30-20(18)21-29-16-11-13(23(25,26)27)3-8-17(16)36-21/h3-12H,2H2,1H3. The molecule has 0 saturated heterocycles. The first kappa shape index (κ1) is 24.4. The number of nitrogens with zero attached hydrogens (tertiary/aromatic N) is 5. The Hall–Kier alpha value is -4.33. The molecule has 0 aliphatic rings. The van der Waals surface area contributed by atoms with Crippen molar-refractivity contribution in [3.8, 4) is 23.1 Å². The molecule has 0 amide bonds. The zero-order chi connectivity index (χ0) is 26.5. The van der Waals surface area contributed by atoms with E-state index in [9.17, 15) is 30.8 Å². The lowest BCUT2D eigenvalue weighted by atomic mass is 10.2. The van der Waals surface area contributed by atoms with E-state index in [4.69, 9.17) is 4.42 Å². The lowest BCUT2D eigenvalue weighted by Crippen LogP contribution is -2.23. The summed E-state index contributed by atoms with van der Waals surface area (Å²) in [6, 6.07) is 10.2. The van der Waals surface area contributed by atoms with Crippen molar-refractivity contribution in [2.75, 3.05) is 5.75 Å². The number of oxazole rings is 1. The van der Waals surface area contributed by atoms with Gasteiger partial charge in [0.15, 0.2) is 21.2 Å². The molecular weight excluding hydrogens is 518 g/mol. The number of pyridine rings is 1. The zero-order valence-electron chi connectivity index (χ0n) is 18.8. The summed E-state index contributed by atoms with van der Waals surface area (Å²) in [7, 11) is -3.89. The van der Waals surface area contributed by atoms with Crippen molar-refractivity contribution in [2.24, 2.45) is 0 Å². The molecule has 14 heteroatoms. The molecule has 0 aliphatic heterocycles. The van der Waals surface area contributed by atoms with Crippen LogP contribution in [0.4, 0.5) is 17.6 Å². The van der Waals surface area contributed by atoms with E-state index < -0.39 is 33.1 Å². The molecular formula is C23H15F4N5O4S. The highest BCUT2D eigenvalue weighted by atomic mass is 32.2. The van der Waals surface area contributed by atoms with Crippen LogP contribution in [0.2, 0.25) is 0 Å². The van der Waals surface area contributed by atoms with E-state index in [0.717, 1.165) is 39.6 Å². The number of fused-ring (bicyclic) bond motifs is 1. The van der Waals surface area contributed by atoms with Gasteiger partial charge in [0, 0.05) is 0 Å². The van der Waals surface area contributed by atoms with Crippen LogP contribution >= 0.6 is 0 Å². The lowest BCUT2D eigenvalue weighted by Gasteiger charge is -2.08. The highest BCUT2D eigenvalue weighted by Gasteiger charge is 2.31. The third kappa shape index (κ3) is 4.39. The first-order chi connectivity index (χ1) is 17.5. The van der Waals surface area contributed by atoms with E-state index in [0.29, 0.717) is 5.69 Å². The summed E-state index contributed by atoms with van der Waals surface area (Å²) in [6.07, 6.45) is -3.45. The first-order valence-corrected chi connectivity index (χ1v) is 12.3. The van der Waals surface area contributed by atoms with Gasteiger partial charge in [-0.1, -0.05) is 6.92 Å². The quantitative estimate of drug-likeness (QED) is 0.312. The number of halogens is 4. The van der Waals surface area contributed by atoms with E-state index in [2.05, 4.69) is 15.1 Å². The van der Waals surface area contributed by atoms with Gasteiger partial charge in [-0.25, -0.2) is 32.1 Å². The van der Waals surface area contributed by atoms with Crippen molar-refractivity contribution >= 4 is 20.9 Å². The van der Waals surface area contributed by atoms with Crippen molar-refractivity contribution in [3.63, 3.8) is 0 Å². The third-order valence-corrected chi connectivity index (χ3v) is 7.23. The summed E-state index contributed by atoms with van der Waals surface area (Å²) >= 11 is 0. The van der Waals surface area contributed by atoms with E-state index in [1.54, 1.807) is 0 Å². The molecule has 190 valence electrons. The van der Waals surface area contributed by atoms with Gasteiger partial charge in [-0.2, -0.15) is 23.0 Å². The van der Waals surface area contributed by atoms with E-state index in [-0.39, 0.29) is 39.2 Å². The molecule has 0 N–H and O–H groups in total. The molecule has 0 spiro atoms. The van der Waals surface area contributed by atoms with Gasteiger partial charge >= 0.3 is 11.9 Å². The zero-order valence-corrected chi connectivity index (χ0v) is 19.6. The topological polar surface area (TPSA) is 113 Å². The molecule has 0 radical (unpaired) electrons. The molecule has 2 aromatic carbocycles. The number of hydrogen-bond acceptors (Lipinski definition) is 7. The fourth-order valence-corrected chi connectivity index (χ4v) is 4.57. The van der Waals surface area contributed by atoms with Crippen LogP contribution in [-0.4, -0.2) is 38.5 Å². The summed E-state index contributed by atoms with van der Waals surface area (Å²) in [5.74, 6) is -1.26. The molecule has 0 saturated carbocycles. The minimum absolute atomic E-state index is 0.0206. The Balaban J connectivity index is 1.67. The largest absolute Gasteiger partial charge is 0.435 e. The summed E-state index contributed by atoms with van der Waals surface area (Å²) < 4.78 is 85.7. The van der Waals surface area contributed by atoms with Gasteiger partial charge in [0.05, 0.1) is 21.9 Å². The number of benzene rings is 2. The van der Waals surface area contributed by atoms with Crippen LogP contribution in [0.5, 0.6) is 0 Å². The van der Waals surface area contributed by atoms with E-state index in [1.807, 2.05) is 0 Å². The predicted octanol–water partition coefficient (Wildman–Crippen LogP) is 4.18. The second-order valence-corrected chi connectivity index (χ2v) is 10.0. The van der Waals surface area contributed by atoms with Gasteiger partial charge in [0.25, 0.3) is 0 Å². The molecule has 3 heterocycles. The third-order valence-electron chi connectivity index (χ3n) is 5.47. The first-order valence-electron chi connectivity index (χ1n) is 10.6. The minimum Gasteiger partial charge on any atom is -0.435 e. The highest BCUT2D eigenvalue weighted by Crippen LogP contribution is 2.34. The molecule has 0 fully saturated rings. The van der Waals surface area contributed by atoms with Crippen LogP contribution in [0.15, 0.2) is 75.0 Å². The fraction of sp³-hybridized carbons (Fsp3) is 0.130. The average molecular weight is 533 g/mol. The van der Waals surface area contributed by atoms with Crippen molar-refractivity contribution in [1.29, 1.82) is 0 Å². The van der Waals surface area contributed by atoms with Gasteiger partial charge < -0.3 is 4.42 Å². The molecule has 0 atom stereocenters. The van der Waals surface area contributed by atoms with Crippen LogP contribution < -0.4 is 5.69 Å². The van der Waals surface area contributed by atoms with Crippen molar-refractivity contribution in [3.05, 3.63) is 82.8 Å². The minimum atomic E-state index is -4.62. The number of hydrogen-bond donors (Lipinski definition) is 0. The number of aromatic nitrogens is 5. The SMILES string of the molecule is CCS(=O)(=O)c1ccc(-n2ncn(-c3ccc(F)cc3)c2=O)nc1-c1nc2cc(C(F)(F)F)ccc2o1. The second-order valence-electron chi connectivity index (χ2n) is 7.79. The fourth-order valence-electron chi connectivity index (χ4n) is 3.56. The van der Waals surface area contributed by atoms with E-state index in [1.165, 1.54) is 37.5 Å². The van der Waals surface area contributed by atoms with Gasteiger partial charge in [-0.15, -0.1) is 0 Å². The van der Waals surface area contributed by atoms with Crippen LogP contribution in [0.25, 0.3) is 34.2 Å². The Kier molecular flexibility index (Phi) is 5.70. The summed E-state index contributed by atoms with van der Waals surface area (Å²) in [4.78, 5) is 21.0. The Morgan fingerprint density at radius 3 is 2.41 bits per heavy atom. The Morgan fingerprint density at radius 1 is 1.00 bits per heavy atom. The van der Waals surface area contributed by atoms with Crippen LogP contribution in [0.3, 0.4) is 0 Å². The average Bonchev–Trinajstić information content (AvgIpc) is 3.46. The van der Waals surface area contributed by atoms with Gasteiger partial charge in [0.2, 0.25) is 5.89 Å². The van der Waals surface area contributed by atoms with Crippen molar-refractivity contribution < 1.29 is 30.4 Å². The normalized spacial score (nSPS) is 12.4. The van der Waals surface area contributed by atoms with Crippen LogP contribution in [-0.2, 0) is 16.0 Å². The maximum atomic E-state index is 13.3. The summed E-state index contributed by atoms with van der Waals surface area (Å²) in [6.45, 7) is 1.41. The van der Waals surface area contributed by atoms with Crippen LogP contribution in [0.1, 0.15) is 12.5 Å². The molecule has 5 aromatic rings. The smallest absolute Gasteiger partial charge is 0.416 e. The van der Waals surface area contributed by atoms with Gasteiger partial charge in [-0.05, 0) is 54.6 Å². The number of sulfone groups is 1. The maximum absolute atomic E-state index is 13.3. The molecule has 3 aromatic heterocycles. The molecule has 0 unspecified atom stereocenters. The van der Waals surface area contributed by atoms with E-state index >= 15 is 0 Å². The maximum Gasteiger partial charge on any atom is 0.416 e. The molecule has 37 heavy (non-hydrogen) atoms. The molecule has 9 nitrogen and oxygen atoms in total. The van der Waals surface area contributed by atoms with Gasteiger partial charge in [-0.3, -0.25) is 0 Å². The van der Waals surface area contributed by atoms with Crippen LogP contribution in [0, 0.1) is 5.82 Å². The second kappa shape index (κ2) is 8.65. The Bertz CT molecular complexity index is 1810. The molecule has 0 aliphatic carbocycles. The Labute approximate surface area is 205 Å². The summed E-state index contributed by atoms with van der Waals surface area (Å²) in [5.41, 5.74) is -1.80. The monoisotopic (exact) mass is 533 g/mol. The lowest BCUT2D eigenvalue weighted by molar-refractivity contribution is -0.137. The van der Waals surface area contributed by atoms with Crippen molar-refractivity contribution in [1.82, 2.24) is 24.3 Å². The summed E-state index contributed by atoms with van der Waals surface area (Å²) in [5, 5.41) is 4.00. The highest BCUT2D eigenvalue weighted by molar-refractivity contribution is 7.91. The van der Waals surface area contributed by atoms with Crippen molar-refractivity contribution in [2.45, 2.75) is 18.0 Å². The molecule has 0 bridgehead atoms. The Morgan fingerprint density at radius 2 is 1.73 bits per heavy atom. The number of rotatable bonds is 5. The number of alkyl halides is 3. The predicted molar refractivity (Wildman–Crippen MR) is 123 cm³/mol. The van der Waals surface area contributed by atoms with Gasteiger partial charge in [0.1, 0.15) is 23.4 Å². The molecule has 5 rings (SSSR count).